The van der Waals surface area contributed by atoms with Crippen molar-refractivity contribution in [2.45, 2.75) is 115 Å². The molecule has 1 heterocycles. The average Bonchev–Trinajstić information content (AvgIpc) is 3.61. The smallest absolute Gasteiger partial charge is 0.285 e. The van der Waals surface area contributed by atoms with E-state index in [4.69, 9.17) is 28.7 Å². The van der Waals surface area contributed by atoms with Crippen molar-refractivity contribution in [1.82, 2.24) is 5.32 Å². The summed E-state index contributed by atoms with van der Waals surface area (Å²) in [6.45, 7) is 4.61. The van der Waals surface area contributed by atoms with Crippen molar-refractivity contribution < 1.29 is 23.7 Å². The highest BCUT2D eigenvalue weighted by atomic mass is 16.6. The maximum absolute atomic E-state index is 6.88. The van der Waals surface area contributed by atoms with Crippen LogP contribution in [0.15, 0.2) is 126 Å². The fourth-order valence-corrected chi connectivity index (χ4v) is 6.93. The first-order valence-corrected chi connectivity index (χ1v) is 18.9. The van der Waals surface area contributed by atoms with E-state index < -0.39 is 30.5 Å². The predicted molar refractivity (Wildman–Crippen MR) is 202 cm³/mol. The largest absolute Gasteiger partial charge is 0.457 e. The number of aliphatic imine (C=N–C) groups is 1. The maximum Gasteiger partial charge on any atom is 0.285 e. The van der Waals surface area contributed by atoms with Crippen LogP contribution in [0.2, 0.25) is 0 Å². The number of benzene rings is 4. The fraction of sp³-hybridized carbons (Fsp3) is 0.432. The second-order valence-corrected chi connectivity index (χ2v) is 13.6. The first kappa shape index (κ1) is 36.8. The van der Waals surface area contributed by atoms with Crippen molar-refractivity contribution in [2.24, 2.45) is 4.99 Å². The SMILES string of the molecule is CCCCCCCCCN=C1NC2C(OCc3ccccc3)C(OCc3ccccc3)C(OCc3ccccc3)C(OCc3ccccc3)C2O1. The van der Waals surface area contributed by atoms with Gasteiger partial charge >= 0.3 is 0 Å². The molecule has 7 nitrogen and oxygen atoms in total. The van der Waals surface area contributed by atoms with Gasteiger partial charge in [0.15, 0.2) is 6.10 Å². The Morgan fingerprint density at radius 1 is 0.490 bits per heavy atom. The highest BCUT2D eigenvalue weighted by Crippen LogP contribution is 2.36. The number of hydrogen-bond donors (Lipinski definition) is 1. The quantitative estimate of drug-likeness (QED) is 0.0936. The monoisotopic (exact) mass is 690 g/mol. The van der Waals surface area contributed by atoms with Crippen LogP contribution in [0.3, 0.4) is 0 Å². The van der Waals surface area contributed by atoms with Crippen LogP contribution in [0.4, 0.5) is 0 Å². The summed E-state index contributed by atoms with van der Waals surface area (Å²) in [5, 5.41) is 3.64. The van der Waals surface area contributed by atoms with E-state index in [-0.39, 0.29) is 6.04 Å². The van der Waals surface area contributed by atoms with Crippen LogP contribution in [-0.2, 0) is 50.1 Å². The average molecular weight is 691 g/mol. The third kappa shape index (κ3) is 11.0. The zero-order chi connectivity index (χ0) is 34.9. The molecule has 1 aliphatic carbocycles. The Hall–Kier alpha value is -4.01. The second kappa shape index (κ2) is 20.1. The van der Waals surface area contributed by atoms with Crippen LogP contribution < -0.4 is 5.32 Å². The standard InChI is InChI=1S/C44H54N2O5/c1-2-3-4-5-6-7-20-29-45-44-46-38-39(47-30-34-21-12-8-13-22-34)41(48-31-35-23-14-9-15-24-35)43(50-33-37-27-18-11-19-28-37)42(40(38)51-44)49-32-36-25-16-10-17-26-36/h8-19,21-28,38-43H,2-7,20,29-33H2,1H3,(H,45,46). The topological polar surface area (TPSA) is 70.5 Å². The molecular weight excluding hydrogens is 636 g/mol. The van der Waals surface area contributed by atoms with Crippen LogP contribution in [0, 0.1) is 0 Å². The summed E-state index contributed by atoms with van der Waals surface area (Å²) in [5.74, 6) is 0. The van der Waals surface area contributed by atoms with Gasteiger partial charge in [0, 0.05) is 6.54 Å². The van der Waals surface area contributed by atoms with E-state index in [0.717, 1.165) is 28.7 Å². The second-order valence-electron chi connectivity index (χ2n) is 13.6. The number of fused-ring (bicyclic) bond motifs is 1. The van der Waals surface area contributed by atoms with Gasteiger partial charge in [-0.3, -0.25) is 0 Å². The molecule has 6 rings (SSSR count). The van der Waals surface area contributed by atoms with Gasteiger partial charge < -0.3 is 29.0 Å². The van der Waals surface area contributed by atoms with E-state index in [0.29, 0.717) is 39.0 Å². The van der Waals surface area contributed by atoms with Crippen molar-refractivity contribution in [1.29, 1.82) is 0 Å². The number of unbranched alkanes of at least 4 members (excludes halogenated alkanes) is 6. The Morgan fingerprint density at radius 2 is 0.882 bits per heavy atom. The van der Waals surface area contributed by atoms with E-state index in [9.17, 15) is 0 Å². The Kier molecular flexibility index (Phi) is 14.5. The molecule has 2 aliphatic rings. The lowest BCUT2D eigenvalue weighted by Crippen LogP contribution is -2.67. The Bertz CT molecular complexity index is 1450. The van der Waals surface area contributed by atoms with Gasteiger partial charge in [0.05, 0.1) is 32.5 Å². The van der Waals surface area contributed by atoms with Crippen LogP contribution >= 0.6 is 0 Å². The number of nitrogens with zero attached hydrogens (tertiary/aromatic N) is 1. The highest BCUT2D eigenvalue weighted by molar-refractivity contribution is 5.76. The zero-order valence-corrected chi connectivity index (χ0v) is 30.0. The zero-order valence-electron chi connectivity index (χ0n) is 30.0. The van der Waals surface area contributed by atoms with E-state index in [1.807, 2.05) is 72.8 Å². The minimum atomic E-state index is -0.496. The summed E-state index contributed by atoms with van der Waals surface area (Å²) >= 11 is 0. The van der Waals surface area contributed by atoms with Crippen molar-refractivity contribution in [2.75, 3.05) is 6.54 Å². The molecule has 0 aromatic heterocycles. The number of amidine groups is 1. The number of ether oxygens (including phenoxy) is 5. The highest BCUT2D eigenvalue weighted by Gasteiger charge is 2.58. The molecule has 7 heteroatoms. The Morgan fingerprint density at radius 3 is 1.35 bits per heavy atom. The Balaban J connectivity index is 1.28. The minimum absolute atomic E-state index is 0.264. The predicted octanol–water partition coefficient (Wildman–Crippen LogP) is 8.81. The summed E-state index contributed by atoms with van der Waals surface area (Å²) < 4.78 is 34.1. The van der Waals surface area contributed by atoms with E-state index in [1.54, 1.807) is 0 Å². The first-order chi connectivity index (χ1) is 25.3. The third-order valence-electron chi connectivity index (χ3n) is 9.70. The molecule has 0 spiro atoms. The molecule has 6 unspecified atom stereocenters. The van der Waals surface area contributed by atoms with Crippen molar-refractivity contribution in [3.05, 3.63) is 144 Å². The van der Waals surface area contributed by atoms with Gasteiger partial charge in [-0.25, -0.2) is 4.99 Å². The van der Waals surface area contributed by atoms with Crippen molar-refractivity contribution >= 4 is 6.02 Å². The van der Waals surface area contributed by atoms with Gasteiger partial charge in [0.25, 0.3) is 6.02 Å². The molecule has 1 aliphatic heterocycles. The van der Waals surface area contributed by atoms with Gasteiger partial charge in [0.1, 0.15) is 24.4 Å². The van der Waals surface area contributed by atoms with Crippen molar-refractivity contribution in [3.63, 3.8) is 0 Å². The minimum Gasteiger partial charge on any atom is -0.457 e. The molecule has 1 N–H and O–H groups in total. The number of rotatable bonds is 20. The third-order valence-corrected chi connectivity index (χ3v) is 9.70. The molecule has 0 radical (unpaired) electrons. The van der Waals surface area contributed by atoms with E-state index in [1.165, 1.54) is 38.5 Å². The summed E-state index contributed by atoms with van der Waals surface area (Å²) in [6, 6.07) is 41.3. The van der Waals surface area contributed by atoms with Crippen molar-refractivity contribution in [3.8, 4) is 0 Å². The van der Waals surface area contributed by atoms with Gasteiger partial charge in [-0.1, -0.05) is 167 Å². The normalized spacial score (nSPS) is 23.4. The molecule has 6 atom stereocenters. The first-order valence-electron chi connectivity index (χ1n) is 18.9. The van der Waals surface area contributed by atoms with E-state index in [2.05, 4.69) is 60.8 Å². The molecule has 1 saturated carbocycles. The molecule has 0 amide bonds. The Labute approximate surface area is 304 Å². The molecule has 1 saturated heterocycles. The molecule has 4 aromatic carbocycles. The van der Waals surface area contributed by atoms with Gasteiger partial charge in [-0.2, -0.15) is 0 Å². The molecule has 0 bridgehead atoms. The maximum atomic E-state index is 6.88. The lowest BCUT2D eigenvalue weighted by atomic mass is 9.82. The van der Waals surface area contributed by atoms with Crippen LogP contribution in [-0.4, -0.2) is 49.1 Å². The van der Waals surface area contributed by atoms with Gasteiger partial charge in [0.2, 0.25) is 0 Å². The summed E-state index contributed by atoms with van der Waals surface area (Å²) in [6.07, 6.45) is 6.38. The van der Waals surface area contributed by atoms with Gasteiger partial charge in [-0.15, -0.1) is 0 Å². The number of hydrogen-bond acceptors (Lipinski definition) is 6. The molecule has 51 heavy (non-hydrogen) atoms. The summed E-state index contributed by atoms with van der Waals surface area (Å²) in [5.41, 5.74) is 4.33. The summed E-state index contributed by atoms with van der Waals surface area (Å²) in [4.78, 5) is 4.91. The molecule has 4 aromatic rings. The number of nitrogens with one attached hydrogen (secondary N) is 1. The molecular formula is C44H54N2O5. The fourth-order valence-electron chi connectivity index (χ4n) is 6.93. The van der Waals surface area contributed by atoms with Crippen LogP contribution in [0.25, 0.3) is 0 Å². The molecule has 2 fully saturated rings. The summed E-state index contributed by atoms with van der Waals surface area (Å²) in [7, 11) is 0. The lowest BCUT2D eigenvalue weighted by molar-refractivity contribution is -0.240. The van der Waals surface area contributed by atoms with Crippen LogP contribution in [0.5, 0.6) is 0 Å². The van der Waals surface area contributed by atoms with Gasteiger partial charge in [-0.05, 0) is 28.7 Å². The molecule has 270 valence electrons. The lowest BCUT2D eigenvalue weighted by Gasteiger charge is -2.46. The van der Waals surface area contributed by atoms with E-state index >= 15 is 0 Å². The van der Waals surface area contributed by atoms with Crippen LogP contribution in [0.1, 0.15) is 74.1 Å².